The third kappa shape index (κ3) is 6.41. The van der Waals surface area contributed by atoms with Gasteiger partial charge in [0.15, 0.2) is 0 Å². The molecule has 0 radical (unpaired) electrons. The standard InChI is InChI=1S/C27H34FNO4/c1-18(2)27-24(14-13-22(30)15-23(31)16-26(32)33-3)25(19-9-11-20(28)12-10-19)17-29(27)21-7-5-4-6-8-21/h9-14,17-18,21-22,30H,4-8,15-16H2,1-3H3/b14-13+. The summed E-state index contributed by atoms with van der Waals surface area (Å²) in [6.45, 7) is 4.30. The smallest absolute Gasteiger partial charge is 0.313 e. The summed E-state index contributed by atoms with van der Waals surface area (Å²) in [4.78, 5) is 23.3. The molecule has 6 heteroatoms. The largest absolute Gasteiger partial charge is 0.469 e. The zero-order valence-electron chi connectivity index (χ0n) is 19.7. The van der Waals surface area contributed by atoms with Gasteiger partial charge in [-0.1, -0.05) is 57.4 Å². The second-order valence-corrected chi connectivity index (χ2v) is 9.12. The molecule has 0 saturated heterocycles. The number of benzene rings is 1. The van der Waals surface area contributed by atoms with Gasteiger partial charge in [-0.3, -0.25) is 9.59 Å². The Labute approximate surface area is 195 Å². The van der Waals surface area contributed by atoms with Gasteiger partial charge in [0.05, 0.1) is 13.2 Å². The van der Waals surface area contributed by atoms with Gasteiger partial charge >= 0.3 is 5.97 Å². The van der Waals surface area contributed by atoms with Gasteiger partial charge in [-0.25, -0.2) is 4.39 Å². The van der Waals surface area contributed by atoms with E-state index in [4.69, 9.17) is 0 Å². The third-order valence-corrected chi connectivity index (χ3v) is 6.27. The third-order valence-electron chi connectivity index (χ3n) is 6.27. The van der Waals surface area contributed by atoms with Crippen LogP contribution in [0.25, 0.3) is 17.2 Å². The molecule has 178 valence electrons. The Kier molecular flexibility index (Phi) is 8.61. The Bertz CT molecular complexity index is 984. The fraction of sp³-hybridized carbons (Fsp3) is 0.481. The van der Waals surface area contributed by atoms with Crippen molar-refractivity contribution in [1.29, 1.82) is 0 Å². The maximum absolute atomic E-state index is 13.6. The van der Waals surface area contributed by atoms with Gasteiger partial charge < -0.3 is 14.4 Å². The van der Waals surface area contributed by atoms with E-state index in [0.29, 0.717) is 6.04 Å². The van der Waals surface area contributed by atoms with Gasteiger partial charge in [0, 0.05) is 35.5 Å². The second kappa shape index (κ2) is 11.4. The highest BCUT2D eigenvalue weighted by atomic mass is 19.1. The molecule has 2 aromatic rings. The molecule has 1 aromatic carbocycles. The van der Waals surface area contributed by atoms with Crippen molar-refractivity contribution in [3.05, 3.63) is 53.6 Å². The van der Waals surface area contributed by atoms with Crippen molar-refractivity contribution >= 4 is 17.8 Å². The SMILES string of the molecule is COC(=O)CC(=O)CC(O)/C=C/c1c(-c2ccc(F)cc2)cn(C2CCCCC2)c1C(C)C. The maximum atomic E-state index is 13.6. The molecule has 1 aromatic heterocycles. The molecule has 0 spiro atoms. The number of halogens is 1. The number of esters is 1. The summed E-state index contributed by atoms with van der Waals surface area (Å²) in [6, 6.07) is 6.87. The van der Waals surface area contributed by atoms with Gasteiger partial charge in [0.1, 0.15) is 18.0 Å². The molecule has 1 unspecified atom stereocenters. The maximum Gasteiger partial charge on any atom is 0.313 e. The molecule has 1 heterocycles. The topological polar surface area (TPSA) is 68.5 Å². The van der Waals surface area contributed by atoms with E-state index < -0.39 is 12.1 Å². The van der Waals surface area contributed by atoms with Crippen molar-refractivity contribution < 1.29 is 23.8 Å². The van der Waals surface area contributed by atoms with E-state index in [9.17, 15) is 19.1 Å². The summed E-state index contributed by atoms with van der Waals surface area (Å²) in [6.07, 6.45) is 10.0. The first-order valence-corrected chi connectivity index (χ1v) is 11.8. The normalized spacial score (nSPS) is 15.8. The number of hydrogen-bond donors (Lipinski definition) is 1. The van der Waals surface area contributed by atoms with Gasteiger partial charge in [0.2, 0.25) is 0 Å². The van der Waals surface area contributed by atoms with E-state index in [1.807, 2.05) is 6.08 Å². The number of ether oxygens (including phenoxy) is 1. The summed E-state index contributed by atoms with van der Waals surface area (Å²) in [5.41, 5.74) is 4.03. The van der Waals surface area contributed by atoms with E-state index in [1.54, 1.807) is 18.2 Å². The Hall–Kier alpha value is -2.73. The number of rotatable bonds is 9. The monoisotopic (exact) mass is 455 g/mol. The van der Waals surface area contributed by atoms with Crippen molar-refractivity contribution in [3.63, 3.8) is 0 Å². The first-order valence-electron chi connectivity index (χ1n) is 11.8. The van der Waals surface area contributed by atoms with Crippen LogP contribution in [0.1, 0.15) is 82.0 Å². The Balaban J connectivity index is 1.97. The van der Waals surface area contributed by atoms with Gasteiger partial charge in [-0.15, -0.1) is 0 Å². The number of carbonyl (C=O) groups excluding carboxylic acids is 2. The van der Waals surface area contributed by atoms with Crippen LogP contribution in [0.15, 0.2) is 36.5 Å². The average Bonchev–Trinajstić information content (AvgIpc) is 3.18. The lowest BCUT2D eigenvalue weighted by atomic mass is 9.94. The minimum absolute atomic E-state index is 0.155. The first-order chi connectivity index (χ1) is 15.8. The van der Waals surface area contributed by atoms with Crippen LogP contribution in [0.5, 0.6) is 0 Å². The molecular formula is C27H34FNO4. The molecule has 1 N–H and O–H groups in total. The highest BCUT2D eigenvalue weighted by Crippen LogP contribution is 2.39. The molecule has 1 fully saturated rings. The minimum atomic E-state index is -1.01. The Morgan fingerprint density at radius 2 is 1.85 bits per heavy atom. The molecule has 0 aliphatic heterocycles. The quantitative estimate of drug-likeness (QED) is 0.382. The summed E-state index contributed by atoms with van der Waals surface area (Å²) < 4.78 is 20.5. The number of hydrogen-bond acceptors (Lipinski definition) is 4. The lowest BCUT2D eigenvalue weighted by Gasteiger charge is -2.27. The molecule has 1 atom stereocenters. The highest BCUT2D eigenvalue weighted by Gasteiger charge is 2.24. The van der Waals surface area contributed by atoms with Crippen LogP contribution < -0.4 is 0 Å². The summed E-state index contributed by atoms with van der Waals surface area (Å²) in [5.74, 6) is -1.03. The number of aromatic nitrogens is 1. The predicted molar refractivity (Wildman–Crippen MR) is 127 cm³/mol. The van der Waals surface area contributed by atoms with Crippen LogP contribution in [0, 0.1) is 5.82 Å². The molecule has 3 rings (SSSR count). The number of aliphatic hydroxyl groups is 1. The van der Waals surface area contributed by atoms with Crippen LogP contribution in [0.3, 0.4) is 0 Å². The zero-order valence-corrected chi connectivity index (χ0v) is 19.7. The van der Waals surface area contributed by atoms with Crippen LogP contribution >= 0.6 is 0 Å². The number of ketones is 1. The van der Waals surface area contributed by atoms with Crippen LogP contribution in [0.2, 0.25) is 0 Å². The number of Topliss-reactive ketones (excluding diaryl/α,β-unsaturated/α-hetero) is 1. The lowest BCUT2D eigenvalue weighted by molar-refractivity contribution is -0.143. The molecule has 33 heavy (non-hydrogen) atoms. The second-order valence-electron chi connectivity index (χ2n) is 9.12. The molecule has 0 bridgehead atoms. The average molecular weight is 456 g/mol. The van der Waals surface area contributed by atoms with Crippen molar-refractivity contribution in [2.45, 2.75) is 76.9 Å². The van der Waals surface area contributed by atoms with E-state index in [1.165, 1.54) is 44.2 Å². The van der Waals surface area contributed by atoms with Crippen LogP contribution in [0.4, 0.5) is 4.39 Å². The summed E-state index contributed by atoms with van der Waals surface area (Å²) in [7, 11) is 1.23. The number of aliphatic hydroxyl groups excluding tert-OH is 1. The predicted octanol–water partition coefficient (Wildman–Crippen LogP) is 5.82. The molecular weight excluding hydrogens is 421 g/mol. The van der Waals surface area contributed by atoms with E-state index >= 15 is 0 Å². The number of methoxy groups -OCH3 is 1. The van der Waals surface area contributed by atoms with Crippen molar-refractivity contribution in [1.82, 2.24) is 4.57 Å². The highest BCUT2D eigenvalue weighted by molar-refractivity contribution is 5.95. The Morgan fingerprint density at radius 1 is 1.18 bits per heavy atom. The minimum Gasteiger partial charge on any atom is -0.469 e. The molecule has 1 aliphatic carbocycles. The zero-order chi connectivity index (χ0) is 24.0. The number of nitrogens with zero attached hydrogens (tertiary/aromatic N) is 1. The fourth-order valence-corrected chi connectivity index (χ4v) is 4.67. The van der Waals surface area contributed by atoms with Crippen LogP contribution in [-0.2, 0) is 14.3 Å². The van der Waals surface area contributed by atoms with E-state index in [-0.39, 0.29) is 30.4 Å². The lowest BCUT2D eigenvalue weighted by Crippen LogP contribution is -2.16. The summed E-state index contributed by atoms with van der Waals surface area (Å²) >= 11 is 0. The Morgan fingerprint density at radius 3 is 2.45 bits per heavy atom. The molecule has 0 amide bonds. The fourth-order valence-electron chi connectivity index (χ4n) is 4.67. The molecule has 1 aliphatic rings. The van der Waals surface area contributed by atoms with E-state index in [2.05, 4.69) is 29.3 Å². The van der Waals surface area contributed by atoms with Gasteiger partial charge in [0.25, 0.3) is 0 Å². The molecule has 5 nitrogen and oxygen atoms in total. The van der Waals surface area contributed by atoms with Gasteiger partial charge in [-0.05, 0) is 36.5 Å². The van der Waals surface area contributed by atoms with Crippen molar-refractivity contribution in [2.24, 2.45) is 0 Å². The summed E-state index contributed by atoms with van der Waals surface area (Å²) in [5, 5.41) is 10.4. The molecule has 1 saturated carbocycles. The van der Waals surface area contributed by atoms with Crippen molar-refractivity contribution in [2.75, 3.05) is 7.11 Å². The first kappa shape index (κ1) is 24.9. The number of carbonyl (C=O) groups is 2. The van der Waals surface area contributed by atoms with Crippen molar-refractivity contribution in [3.8, 4) is 11.1 Å². The van der Waals surface area contributed by atoms with E-state index in [0.717, 1.165) is 29.5 Å². The van der Waals surface area contributed by atoms with Gasteiger partial charge in [-0.2, -0.15) is 0 Å². The van der Waals surface area contributed by atoms with Crippen LogP contribution in [-0.4, -0.2) is 34.6 Å².